The second kappa shape index (κ2) is 7.32. The maximum absolute atomic E-state index is 13.3. The van der Waals surface area contributed by atoms with Gasteiger partial charge < -0.3 is 4.74 Å². The molecule has 0 amide bonds. The second-order valence-electron chi connectivity index (χ2n) is 6.36. The van der Waals surface area contributed by atoms with Gasteiger partial charge in [0.1, 0.15) is 10.1 Å². The molecule has 1 saturated heterocycles. The summed E-state index contributed by atoms with van der Waals surface area (Å²) in [5, 5.41) is 2.81. The number of aromatic nitrogens is 2. The Morgan fingerprint density at radius 2 is 2.15 bits per heavy atom. The molecule has 1 aliphatic heterocycles. The minimum atomic E-state index is -0.318. The first-order valence-electron chi connectivity index (χ1n) is 8.61. The van der Waals surface area contributed by atoms with Gasteiger partial charge in [-0.1, -0.05) is 47.7 Å². The van der Waals surface area contributed by atoms with Gasteiger partial charge in [-0.2, -0.15) is 0 Å². The summed E-state index contributed by atoms with van der Waals surface area (Å²) in [6.45, 7) is 6.55. The van der Waals surface area contributed by atoms with Gasteiger partial charge in [-0.3, -0.25) is 14.2 Å². The fraction of sp³-hybridized carbons (Fsp3) is 0.250. The number of nitrogens with zero attached hydrogens (tertiary/aromatic N) is 2. The molecule has 0 spiro atoms. The van der Waals surface area contributed by atoms with E-state index in [-0.39, 0.29) is 16.8 Å². The number of rotatable bonds is 5. The third-order valence-electron chi connectivity index (χ3n) is 4.47. The Bertz CT molecular complexity index is 1080. The lowest BCUT2D eigenvalue weighted by Gasteiger charge is -2.12. The first-order chi connectivity index (χ1) is 13.1. The van der Waals surface area contributed by atoms with Crippen molar-refractivity contribution in [1.82, 2.24) is 9.55 Å². The summed E-state index contributed by atoms with van der Waals surface area (Å²) in [5.74, 6) is -0.244. The highest BCUT2D eigenvalue weighted by atomic mass is 32.2. The highest BCUT2D eigenvalue weighted by molar-refractivity contribution is 8.00. The molecule has 3 heterocycles. The quantitative estimate of drug-likeness (QED) is 0.369. The van der Waals surface area contributed by atoms with E-state index in [0.717, 1.165) is 11.1 Å². The molecule has 1 fully saturated rings. The third-order valence-corrected chi connectivity index (χ3v) is 6.58. The number of thiophene rings is 1. The van der Waals surface area contributed by atoms with Crippen molar-refractivity contribution in [3.05, 3.63) is 58.2 Å². The number of ether oxygens (including phenoxy) is 1. The van der Waals surface area contributed by atoms with Crippen LogP contribution in [0.3, 0.4) is 0 Å². The van der Waals surface area contributed by atoms with Crippen LogP contribution >= 0.6 is 23.1 Å². The molecule has 1 atom stereocenters. The van der Waals surface area contributed by atoms with Gasteiger partial charge in [0, 0.05) is 23.9 Å². The highest BCUT2D eigenvalue weighted by Crippen LogP contribution is 2.34. The Morgan fingerprint density at radius 1 is 1.37 bits per heavy atom. The van der Waals surface area contributed by atoms with Crippen LogP contribution in [0.1, 0.15) is 12.0 Å². The summed E-state index contributed by atoms with van der Waals surface area (Å²) < 4.78 is 6.63. The van der Waals surface area contributed by atoms with Crippen molar-refractivity contribution in [3.63, 3.8) is 0 Å². The Balaban J connectivity index is 1.85. The minimum Gasteiger partial charge on any atom is -0.465 e. The van der Waals surface area contributed by atoms with Crippen molar-refractivity contribution in [2.45, 2.75) is 30.3 Å². The summed E-state index contributed by atoms with van der Waals surface area (Å²) in [4.78, 5) is 30.5. The zero-order valence-corrected chi connectivity index (χ0v) is 16.4. The standard InChI is InChI=1S/C20H18N2O3S2/c1-3-9-22-18(23)16-14(13-6-4-12(2)5-7-13)11-26-17(16)21-20(22)27-15-8-10-25-19(15)24/h3-7,11,15H,1,8-10H2,2H3/t15-/m1/s1. The third kappa shape index (κ3) is 3.33. The Kier molecular flexibility index (Phi) is 4.88. The zero-order chi connectivity index (χ0) is 19.0. The van der Waals surface area contributed by atoms with Crippen LogP contribution in [-0.4, -0.2) is 27.4 Å². The largest absolute Gasteiger partial charge is 0.465 e. The topological polar surface area (TPSA) is 61.2 Å². The fourth-order valence-corrected chi connectivity index (χ4v) is 5.10. The number of esters is 1. The number of hydrogen-bond acceptors (Lipinski definition) is 6. The molecule has 4 rings (SSSR count). The summed E-state index contributed by atoms with van der Waals surface area (Å²) in [6, 6.07) is 8.10. The van der Waals surface area contributed by atoms with Gasteiger partial charge in [-0.15, -0.1) is 17.9 Å². The van der Waals surface area contributed by atoms with Crippen molar-refractivity contribution in [2.24, 2.45) is 0 Å². The average molecular weight is 399 g/mol. The molecule has 0 bridgehead atoms. The predicted octanol–water partition coefficient (Wildman–Crippen LogP) is 4.03. The van der Waals surface area contributed by atoms with Crippen LogP contribution in [-0.2, 0) is 16.1 Å². The number of carbonyl (C=O) groups excluding carboxylic acids is 1. The highest BCUT2D eigenvalue weighted by Gasteiger charge is 2.29. The van der Waals surface area contributed by atoms with Crippen LogP contribution in [0.15, 0.2) is 52.3 Å². The summed E-state index contributed by atoms with van der Waals surface area (Å²) >= 11 is 2.75. The smallest absolute Gasteiger partial charge is 0.319 e. The number of cyclic esters (lactones) is 1. The van der Waals surface area contributed by atoms with Crippen LogP contribution in [0.25, 0.3) is 21.3 Å². The van der Waals surface area contributed by atoms with E-state index in [9.17, 15) is 9.59 Å². The molecule has 0 radical (unpaired) electrons. The minimum absolute atomic E-state index is 0.106. The van der Waals surface area contributed by atoms with E-state index in [2.05, 4.69) is 6.58 Å². The van der Waals surface area contributed by atoms with E-state index >= 15 is 0 Å². The molecule has 1 aliphatic rings. The second-order valence-corrected chi connectivity index (χ2v) is 8.39. The number of fused-ring (bicyclic) bond motifs is 1. The van der Waals surface area contributed by atoms with E-state index in [1.807, 2.05) is 36.6 Å². The van der Waals surface area contributed by atoms with Gasteiger partial charge in [0.25, 0.3) is 5.56 Å². The first-order valence-corrected chi connectivity index (χ1v) is 10.4. The molecule has 0 N–H and O–H groups in total. The summed E-state index contributed by atoms with van der Waals surface area (Å²) in [6.07, 6.45) is 2.30. The molecule has 3 aromatic rings. The van der Waals surface area contributed by atoms with Gasteiger partial charge in [0.05, 0.1) is 12.0 Å². The molecule has 138 valence electrons. The maximum atomic E-state index is 13.3. The molecule has 0 aliphatic carbocycles. The Hall–Kier alpha value is -2.38. The van der Waals surface area contributed by atoms with Crippen LogP contribution < -0.4 is 5.56 Å². The lowest BCUT2D eigenvalue weighted by Crippen LogP contribution is -2.24. The van der Waals surface area contributed by atoms with Gasteiger partial charge in [0.15, 0.2) is 5.16 Å². The van der Waals surface area contributed by atoms with Crippen LogP contribution in [0.2, 0.25) is 0 Å². The van der Waals surface area contributed by atoms with E-state index in [1.54, 1.807) is 10.6 Å². The number of aryl methyl sites for hydroxylation is 1. The monoisotopic (exact) mass is 398 g/mol. The molecule has 7 heteroatoms. The molecule has 0 unspecified atom stereocenters. The molecule has 1 aromatic carbocycles. The first kappa shape index (κ1) is 18.0. The lowest BCUT2D eigenvalue weighted by atomic mass is 10.1. The van der Waals surface area contributed by atoms with Gasteiger partial charge in [0.2, 0.25) is 0 Å². The fourth-order valence-electron chi connectivity index (χ4n) is 3.04. The normalized spacial score (nSPS) is 16.6. The van der Waals surface area contributed by atoms with E-state index < -0.39 is 0 Å². The van der Waals surface area contributed by atoms with E-state index in [4.69, 9.17) is 9.72 Å². The van der Waals surface area contributed by atoms with Crippen molar-refractivity contribution < 1.29 is 9.53 Å². The maximum Gasteiger partial charge on any atom is 0.319 e. The Labute approximate surface area is 164 Å². The van der Waals surface area contributed by atoms with Crippen LogP contribution in [0.4, 0.5) is 0 Å². The number of allylic oxidation sites excluding steroid dienone is 1. The van der Waals surface area contributed by atoms with Crippen molar-refractivity contribution in [3.8, 4) is 11.1 Å². The van der Waals surface area contributed by atoms with Crippen LogP contribution in [0, 0.1) is 6.92 Å². The van der Waals surface area contributed by atoms with Crippen molar-refractivity contribution in [1.29, 1.82) is 0 Å². The van der Waals surface area contributed by atoms with Gasteiger partial charge in [-0.25, -0.2) is 4.98 Å². The van der Waals surface area contributed by atoms with Crippen molar-refractivity contribution in [2.75, 3.05) is 6.61 Å². The zero-order valence-electron chi connectivity index (χ0n) is 14.8. The number of hydrogen-bond donors (Lipinski definition) is 0. The SMILES string of the molecule is C=CCn1c(S[C@@H]2CCOC2=O)nc2scc(-c3ccc(C)cc3)c2c1=O. The van der Waals surface area contributed by atoms with Crippen LogP contribution in [0.5, 0.6) is 0 Å². The number of carbonyl (C=O) groups is 1. The molecular weight excluding hydrogens is 380 g/mol. The summed E-state index contributed by atoms with van der Waals surface area (Å²) in [7, 11) is 0. The average Bonchev–Trinajstić information content (AvgIpc) is 3.26. The molecule has 27 heavy (non-hydrogen) atoms. The Morgan fingerprint density at radius 3 is 2.81 bits per heavy atom. The predicted molar refractivity (Wildman–Crippen MR) is 109 cm³/mol. The van der Waals surface area contributed by atoms with Gasteiger partial charge >= 0.3 is 5.97 Å². The molecule has 5 nitrogen and oxygen atoms in total. The molecular formula is C20H18N2O3S2. The number of benzene rings is 1. The van der Waals surface area contributed by atoms with Crippen molar-refractivity contribution >= 4 is 39.3 Å². The number of thioether (sulfide) groups is 1. The molecule has 2 aromatic heterocycles. The summed E-state index contributed by atoms with van der Waals surface area (Å²) in [5.41, 5.74) is 2.95. The lowest BCUT2D eigenvalue weighted by molar-refractivity contribution is -0.137. The molecule has 0 saturated carbocycles. The van der Waals surface area contributed by atoms with E-state index in [1.165, 1.54) is 28.7 Å². The van der Waals surface area contributed by atoms with E-state index in [0.29, 0.717) is 34.9 Å². The van der Waals surface area contributed by atoms with Gasteiger partial charge in [-0.05, 0) is 12.5 Å².